The number of carboxylic acid groups (broad SMARTS) is 1. The molecule has 0 spiro atoms. The van der Waals surface area contributed by atoms with E-state index in [1.807, 2.05) is 13.8 Å². The van der Waals surface area contributed by atoms with Gasteiger partial charge in [0.1, 0.15) is 0 Å². The first-order valence-electron chi connectivity index (χ1n) is 5.90. The van der Waals surface area contributed by atoms with Crippen molar-refractivity contribution in [1.82, 2.24) is 0 Å². The normalized spacial score (nSPS) is 20.8. The molecule has 2 heteroatoms. The molecule has 0 fully saturated rings. The van der Waals surface area contributed by atoms with E-state index in [0.717, 1.165) is 0 Å². The summed E-state index contributed by atoms with van der Waals surface area (Å²) in [5.41, 5.74) is -1.57. The first-order chi connectivity index (χ1) is 6.67. The summed E-state index contributed by atoms with van der Waals surface area (Å²) in [6.07, 6.45) is 0.983. The van der Waals surface area contributed by atoms with Crippen LogP contribution < -0.4 is 0 Å². The third kappa shape index (κ3) is 3.24. The van der Waals surface area contributed by atoms with E-state index in [-0.39, 0.29) is 12.8 Å². The van der Waals surface area contributed by atoms with E-state index in [0.29, 0.717) is 12.3 Å². The number of carboxylic acids is 1. The van der Waals surface area contributed by atoms with Gasteiger partial charge in [0, 0.05) is 4.11 Å². The first-order valence-corrected chi connectivity index (χ1v) is 4.40. The average Bonchev–Trinajstić information content (AvgIpc) is 2.02. The molecule has 0 aliphatic heterocycles. The van der Waals surface area contributed by atoms with Crippen LogP contribution in [-0.2, 0) is 4.79 Å². The van der Waals surface area contributed by atoms with Gasteiger partial charge in [-0.25, -0.2) is 0 Å². The molecular formula is C10H20O2. The van der Waals surface area contributed by atoms with Crippen molar-refractivity contribution in [2.24, 2.45) is 11.3 Å². The smallest absolute Gasteiger partial charge is 0.309 e. The van der Waals surface area contributed by atoms with Gasteiger partial charge in [0.15, 0.2) is 0 Å². The van der Waals surface area contributed by atoms with Crippen LogP contribution in [0.4, 0.5) is 0 Å². The molecule has 1 unspecified atom stereocenters. The summed E-state index contributed by atoms with van der Waals surface area (Å²) in [7, 11) is 0. The lowest BCUT2D eigenvalue weighted by Gasteiger charge is -2.23. The molecule has 72 valence electrons. The molecular weight excluding hydrogens is 152 g/mol. The van der Waals surface area contributed by atoms with Gasteiger partial charge in [-0.3, -0.25) is 4.79 Å². The van der Waals surface area contributed by atoms with Crippen molar-refractivity contribution in [3.63, 3.8) is 0 Å². The second-order valence-electron chi connectivity index (χ2n) is 3.67. The highest BCUT2D eigenvalue weighted by molar-refractivity contribution is 5.73. The maximum Gasteiger partial charge on any atom is 0.309 e. The average molecular weight is 175 g/mol. The molecule has 0 heterocycles. The lowest BCUT2D eigenvalue weighted by Crippen LogP contribution is -2.26. The summed E-state index contributed by atoms with van der Waals surface area (Å²) < 4.78 is 22.1. The van der Waals surface area contributed by atoms with Crippen LogP contribution in [-0.4, -0.2) is 11.1 Å². The molecule has 0 aliphatic rings. The Bertz CT molecular complexity index is 223. The molecule has 0 bridgehead atoms. The van der Waals surface area contributed by atoms with Gasteiger partial charge in [0.2, 0.25) is 0 Å². The molecule has 12 heavy (non-hydrogen) atoms. The standard InChI is InChI=1S/C10H20O2/c1-5-10(4,9(11)12)7-6-8(2)3/h8H,5-7H2,1-4H3,(H,11,12)/i4D3. The van der Waals surface area contributed by atoms with E-state index in [1.54, 1.807) is 6.92 Å². The summed E-state index contributed by atoms with van der Waals surface area (Å²) in [6.45, 7) is 3.12. The minimum Gasteiger partial charge on any atom is -0.481 e. The lowest BCUT2D eigenvalue weighted by atomic mass is 9.81. The van der Waals surface area contributed by atoms with E-state index < -0.39 is 18.2 Å². The molecule has 1 atom stereocenters. The number of hydrogen-bond donors (Lipinski definition) is 1. The van der Waals surface area contributed by atoms with Crippen molar-refractivity contribution >= 4 is 5.97 Å². The van der Waals surface area contributed by atoms with E-state index in [1.165, 1.54) is 0 Å². The van der Waals surface area contributed by atoms with Crippen LogP contribution in [0.2, 0.25) is 0 Å². The van der Waals surface area contributed by atoms with Crippen molar-refractivity contribution < 1.29 is 14.0 Å². The van der Waals surface area contributed by atoms with Crippen LogP contribution in [0, 0.1) is 11.3 Å². The van der Waals surface area contributed by atoms with Crippen LogP contribution >= 0.6 is 0 Å². The van der Waals surface area contributed by atoms with E-state index in [9.17, 15) is 4.79 Å². The van der Waals surface area contributed by atoms with Crippen LogP contribution in [0.15, 0.2) is 0 Å². The number of carbonyl (C=O) groups is 1. The molecule has 1 N–H and O–H groups in total. The maximum absolute atomic E-state index is 11.2. The summed E-state index contributed by atoms with van der Waals surface area (Å²) in [4.78, 5) is 11.2. The Morgan fingerprint density at radius 3 is 2.50 bits per heavy atom. The summed E-state index contributed by atoms with van der Waals surface area (Å²) in [6, 6.07) is 0. The zero-order chi connectivity index (χ0) is 12.3. The van der Waals surface area contributed by atoms with Gasteiger partial charge < -0.3 is 5.11 Å². The van der Waals surface area contributed by atoms with E-state index in [2.05, 4.69) is 0 Å². The molecule has 0 amide bonds. The third-order valence-electron chi connectivity index (χ3n) is 2.16. The number of aliphatic carboxylic acids is 1. The zero-order valence-electron chi connectivity index (χ0n) is 11.1. The predicted octanol–water partition coefficient (Wildman–Crippen LogP) is 2.92. The highest BCUT2D eigenvalue weighted by Gasteiger charge is 2.30. The molecule has 0 aromatic heterocycles. The summed E-state index contributed by atoms with van der Waals surface area (Å²) >= 11 is 0. The Hall–Kier alpha value is -0.530. The van der Waals surface area contributed by atoms with Gasteiger partial charge in [-0.1, -0.05) is 20.8 Å². The lowest BCUT2D eigenvalue weighted by molar-refractivity contribution is -0.148. The van der Waals surface area contributed by atoms with Crippen molar-refractivity contribution in [3.05, 3.63) is 0 Å². The molecule has 0 rings (SSSR count). The zero-order valence-corrected chi connectivity index (χ0v) is 8.05. The predicted molar refractivity (Wildman–Crippen MR) is 50.1 cm³/mol. The fourth-order valence-corrected chi connectivity index (χ4v) is 0.970. The molecule has 0 saturated carbocycles. The van der Waals surface area contributed by atoms with Crippen molar-refractivity contribution in [3.8, 4) is 0 Å². The molecule has 0 radical (unpaired) electrons. The fourth-order valence-electron chi connectivity index (χ4n) is 0.970. The Kier molecular flexibility index (Phi) is 2.59. The van der Waals surface area contributed by atoms with Crippen LogP contribution in [0.5, 0.6) is 0 Å². The minimum absolute atomic E-state index is 0.144. The quantitative estimate of drug-likeness (QED) is 0.697. The fraction of sp³-hybridized carbons (Fsp3) is 0.900. The molecule has 0 aromatic rings. The summed E-state index contributed by atoms with van der Waals surface area (Å²) in [5.74, 6) is -0.886. The van der Waals surface area contributed by atoms with Crippen molar-refractivity contribution in [1.29, 1.82) is 0 Å². The monoisotopic (exact) mass is 175 g/mol. The van der Waals surface area contributed by atoms with Gasteiger partial charge >= 0.3 is 5.97 Å². The SMILES string of the molecule is [2H]C([2H])([2H])C(CC)(CCC(C)C)C(=O)O. The maximum atomic E-state index is 11.2. The Morgan fingerprint density at radius 1 is 1.67 bits per heavy atom. The highest BCUT2D eigenvalue weighted by atomic mass is 16.4. The topological polar surface area (TPSA) is 37.3 Å². The van der Waals surface area contributed by atoms with Gasteiger partial charge in [-0.2, -0.15) is 0 Å². The number of hydrogen-bond acceptors (Lipinski definition) is 1. The van der Waals surface area contributed by atoms with Gasteiger partial charge in [0.25, 0.3) is 0 Å². The van der Waals surface area contributed by atoms with Crippen molar-refractivity contribution in [2.75, 3.05) is 0 Å². The largest absolute Gasteiger partial charge is 0.481 e. The Labute approximate surface area is 79.2 Å². The van der Waals surface area contributed by atoms with Gasteiger partial charge in [-0.05, 0) is 32.0 Å². The van der Waals surface area contributed by atoms with Crippen molar-refractivity contribution in [2.45, 2.75) is 46.9 Å². The Morgan fingerprint density at radius 2 is 2.25 bits per heavy atom. The molecule has 2 nitrogen and oxygen atoms in total. The van der Waals surface area contributed by atoms with Crippen LogP contribution in [0.1, 0.15) is 51.0 Å². The van der Waals surface area contributed by atoms with E-state index >= 15 is 0 Å². The van der Waals surface area contributed by atoms with Crippen LogP contribution in [0.3, 0.4) is 0 Å². The Balaban J connectivity index is 4.92. The van der Waals surface area contributed by atoms with Crippen LogP contribution in [0.25, 0.3) is 0 Å². The van der Waals surface area contributed by atoms with Gasteiger partial charge in [0.05, 0.1) is 5.41 Å². The van der Waals surface area contributed by atoms with E-state index in [4.69, 9.17) is 9.22 Å². The second-order valence-corrected chi connectivity index (χ2v) is 3.67. The summed E-state index contributed by atoms with van der Waals surface area (Å²) in [5, 5.41) is 9.11. The molecule has 0 saturated heterocycles. The molecule has 0 aliphatic carbocycles. The third-order valence-corrected chi connectivity index (χ3v) is 2.16. The number of rotatable bonds is 5. The molecule has 0 aromatic carbocycles. The minimum atomic E-state index is -2.43. The highest BCUT2D eigenvalue weighted by Crippen LogP contribution is 2.29. The van der Waals surface area contributed by atoms with Gasteiger partial charge in [-0.15, -0.1) is 0 Å². The second kappa shape index (κ2) is 4.48. The first kappa shape index (κ1) is 6.93.